The molecule has 1 aromatic heterocycles. The van der Waals surface area contributed by atoms with Gasteiger partial charge in [0.25, 0.3) is 0 Å². The van der Waals surface area contributed by atoms with Crippen molar-refractivity contribution in [3.8, 4) is 0 Å². The van der Waals surface area contributed by atoms with Gasteiger partial charge in [-0.2, -0.15) is 4.31 Å². The Bertz CT molecular complexity index is 827. The van der Waals surface area contributed by atoms with Gasteiger partial charge in [0.05, 0.1) is 4.90 Å². The highest BCUT2D eigenvalue weighted by Gasteiger charge is 2.26. The lowest BCUT2D eigenvalue weighted by atomic mass is 9.94. The molecule has 1 aliphatic rings. The molecule has 1 aromatic carbocycles. The van der Waals surface area contributed by atoms with Crippen LogP contribution in [0.25, 0.3) is 10.8 Å². The molecule has 0 saturated heterocycles. The van der Waals surface area contributed by atoms with Crippen LogP contribution in [-0.4, -0.2) is 55.3 Å². The summed E-state index contributed by atoms with van der Waals surface area (Å²) in [5, 5.41) is 1.59. The molecule has 3 rings (SSSR count). The van der Waals surface area contributed by atoms with Gasteiger partial charge in [-0.3, -0.25) is 4.98 Å². The first-order valence-electron chi connectivity index (χ1n) is 9.57. The number of hydrogen-bond acceptors (Lipinski definition) is 4. The number of fused-ring (bicyclic) bond motifs is 1. The van der Waals surface area contributed by atoms with Crippen molar-refractivity contribution >= 4 is 20.8 Å². The van der Waals surface area contributed by atoms with Gasteiger partial charge in [0.15, 0.2) is 0 Å². The SMILES string of the molecule is CCN(CCN(C)C1CCCCC1)S(=O)(=O)c1cccc2cnccc12. The summed E-state index contributed by atoms with van der Waals surface area (Å²) in [5.41, 5.74) is 0. The summed E-state index contributed by atoms with van der Waals surface area (Å²) in [5.74, 6) is 0. The average Bonchev–Trinajstić information content (AvgIpc) is 2.68. The lowest BCUT2D eigenvalue weighted by Crippen LogP contribution is -2.41. The van der Waals surface area contributed by atoms with E-state index in [9.17, 15) is 8.42 Å². The van der Waals surface area contributed by atoms with Crippen LogP contribution in [0.3, 0.4) is 0 Å². The van der Waals surface area contributed by atoms with Gasteiger partial charge in [0.1, 0.15) is 0 Å². The lowest BCUT2D eigenvalue weighted by molar-refractivity contribution is 0.182. The van der Waals surface area contributed by atoms with E-state index in [4.69, 9.17) is 0 Å². The van der Waals surface area contributed by atoms with Crippen LogP contribution in [-0.2, 0) is 10.0 Å². The van der Waals surface area contributed by atoms with Crippen molar-refractivity contribution in [2.24, 2.45) is 0 Å². The van der Waals surface area contributed by atoms with E-state index in [1.165, 1.54) is 32.1 Å². The molecule has 0 radical (unpaired) electrons. The number of rotatable bonds is 7. The molecule has 0 N–H and O–H groups in total. The van der Waals surface area contributed by atoms with Crippen molar-refractivity contribution in [3.05, 3.63) is 36.7 Å². The predicted octanol–water partition coefficient (Wildman–Crippen LogP) is 3.51. The Kier molecular flexibility index (Phi) is 6.27. The predicted molar refractivity (Wildman–Crippen MR) is 106 cm³/mol. The fourth-order valence-corrected chi connectivity index (χ4v) is 5.53. The summed E-state index contributed by atoms with van der Waals surface area (Å²) in [6.07, 6.45) is 9.72. The number of aromatic nitrogens is 1. The molecule has 6 heteroatoms. The third-order valence-electron chi connectivity index (χ3n) is 5.51. The van der Waals surface area contributed by atoms with Crippen LogP contribution in [0, 0.1) is 0 Å². The molecule has 2 aromatic rings. The zero-order valence-electron chi connectivity index (χ0n) is 15.8. The molecule has 1 saturated carbocycles. The van der Waals surface area contributed by atoms with Crippen LogP contribution in [0.1, 0.15) is 39.0 Å². The Morgan fingerprint density at radius 3 is 2.62 bits per heavy atom. The largest absolute Gasteiger partial charge is 0.302 e. The minimum atomic E-state index is -3.53. The number of likely N-dealkylation sites (N-methyl/N-ethyl adjacent to an activating group) is 2. The van der Waals surface area contributed by atoms with Crippen LogP contribution in [0.15, 0.2) is 41.6 Å². The second kappa shape index (κ2) is 8.46. The highest BCUT2D eigenvalue weighted by Crippen LogP contribution is 2.26. The molecule has 0 aliphatic heterocycles. The van der Waals surface area contributed by atoms with Crippen LogP contribution in [0.5, 0.6) is 0 Å². The molecule has 1 aliphatic carbocycles. The van der Waals surface area contributed by atoms with Gasteiger partial charge in [-0.05, 0) is 32.0 Å². The number of hydrogen-bond donors (Lipinski definition) is 0. The maximum atomic E-state index is 13.3. The molecule has 5 nitrogen and oxygen atoms in total. The van der Waals surface area contributed by atoms with Crippen molar-refractivity contribution in [2.45, 2.75) is 50.0 Å². The molecular weight excluding hydrogens is 346 g/mol. The quantitative estimate of drug-likeness (QED) is 0.743. The first kappa shape index (κ1) is 19.3. The second-order valence-electron chi connectivity index (χ2n) is 7.12. The van der Waals surface area contributed by atoms with Crippen molar-refractivity contribution < 1.29 is 8.42 Å². The third kappa shape index (κ3) is 4.08. The first-order valence-corrected chi connectivity index (χ1v) is 11.0. The van der Waals surface area contributed by atoms with Crippen molar-refractivity contribution in [1.29, 1.82) is 0 Å². The fourth-order valence-electron chi connectivity index (χ4n) is 3.88. The van der Waals surface area contributed by atoms with Crippen molar-refractivity contribution in [2.75, 3.05) is 26.7 Å². The summed E-state index contributed by atoms with van der Waals surface area (Å²) in [7, 11) is -1.40. The molecule has 0 spiro atoms. The molecule has 1 fully saturated rings. The second-order valence-corrected chi connectivity index (χ2v) is 9.03. The molecular formula is C20H29N3O2S. The van der Waals surface area contributed by atoms with E-state index in [-0.39, 0.29) is 0 Å². The number of pyridine rings is 1. The van der Waals surface area contributed by atoms with E-state index in [0.717, 1.165) is 17.3 Å². The summed E-state index contributed by atoms with van der Waals surface area (Å²) in [4.78, 5) is 6.81. The zero-order valence-corrected chi connectivity index (χ0v) is 16.6. The lowest BCUT2D eigenvalue weighted by Gasteiger charge is -2.32. The van der Waals surface area contributed by atoms with E-state index < -0.39 is 10.0 Å². The highest BCUT2D eigenvalue weighted by atomic mass is 32.2. The fraction of sp³-hybridized carbons (Fsp3) is 0.550. The van der Waals surface area contributed by atoms with Crippen LogP contribution in [0.4, 0.5) is 0 Å². The molecule has 1 heterocycles. The standard InChI is InChI=1S/C20H29N3O2S/c1-3-23(15-14-22(2)18-9-5-4-6-10-18)26(24,25)20-11-7-8-17-16-21-13-12-19(17)20/h7-8,11-13,16,18H,3-6,9-10,14-15H2,1-2H3. The maximum absolute atomic E-state index is 13.3. The highest BCUT2D eigenvalue weighted by molar-refractivity contribution is 7.89. The van der Waals surface area contributed by atoms with Gasteiger partial charge in [0, 0.05) is 48.8 Å². The van der Waals surface area contributed by atoms with Gasteiger partial charge in [0.2, 0.25) is 10.0 Å². The third-order valence-corrected chi connectivity index (χ3v) is 7.54. The number of benzene rings is 1. The van der Waals surface area contributed by atoms with E-state index in [1.54, 1.807) is 34.9 Å². The summed E-state index contributed by atoms with van der Waals surface area (Å²) in [6, 6.07) is 7.76. The van der Waals surface area contributed by atoms with Crippen LogP contribution < -0.4 is 0 Å². The zero-order chi connectivity index (χ0) is 18.6. The summed E-state index contributed by atoms with van der Waals surface area (Å²) < 4.78 is 28.1. The monoisotopic (exact) mass is 375 g/mol. The number of nitrogens with zero attached hydrogens (tertiary/aromatic N) is 3. The molecule has 0 atom stereocenters. The van der Waals surface area contributed by atoms with E-state index in [2.05, 4.69) is 16.9 Å². The van der Waals surface area contributed by atoms with E-state index in [1.807, 2.05) is 13.0 Å². The van der Waals surface area contributed by atoms with Crippen molar-refractivity contribution in [1.82, 2.24) is 14.2 Å². The molecule has 26 heavy (non-hydrogen) atoms. The Hall–Kier alpha value is -1.50. The first-order chi connectivity index (χ1) is 12.5. The van der Waals surface area contributed by atoms with Gasteiger partial charge in [-0.15, -0.1) is 0 Å². The van der Waals surface area contributed by atoms with Gasteiger partial charge in [-0.1, -0.05) is 38.3 Å². The Balaban J connectivity index is 1.77. The smallest absolute Gasteiger partial charge is 0.243 e. The molecule has 0 unspecified atom stereocenters. The summed E-state index contributed by atoms with van der Waals surface area (Å²) in [6.45, 7) is 3.67. The van der Waals surface area contributed by atoms with Gasteiger partial charge >= 0.3 is 0 Å². The minimum Gasteiger partial charge on any atom is -0.302 e. The van der Waals surface area contributed by atoms with E-state index >= 15 is 0 Å². The van der Waals surface area contributed by atoms with E-state index in [0.29, 0.717) is 24.0 Å². The average molecular weight is 376 g/mol. The minimum absolute atomic E-state index is 0.375. The maximum Gasteiger partial charge on any atom is 0.243 e. The van der Waals surface area contributed by atoms with Crippen LogP contribution in [0.2, 0.25) is 0 Å². The molecule has 0 bridgehead atoms. The molecule has 0 amide bonds. The Labute approximate surface area is 157 Å². The van der Waals surface area contributed by atoms with Crippen LogP contribution >= 0.6 is 0 Å². The topological polar surface area (TPSA) is 53.5 Å². The molecule has 142 valence electrons. The normalized spacial score (nSPS) is 16.6. The van der Waals surface area contributed by atoms with Gasteiger partial charge in [-0.25, -0.2) is 8.42 Å². The Morgan fingerprint density at radius 1 is 1.12 bits per heavy atom. The number of sulfonamides is 1. The summed E-state index contributed by atoms with van der Waals surface area (Å²) >= 11 is 0. The van der Waals surface area contributed by atoms with Crippen molar-refractivity contribution in [3.63, 3.8) is 0 Å². The van der Waals surface area contributed by atoms with Gasteiger partial charge < -0.3 is 4.90 Å². The Morgan fingerprint density at radius 2 is 1.88 bits per heavy atom.